The molecule has 0 aliphatic heterocycles. The second-order valence-corrected chi connectivity index (χ2v) is 3.92. The number of rotatable bonds is 7. The Morgan fingerprint density at radius 3 is 3.00 bits per heavy atom. The van der Waals surface area contributed by atoms with Gasteiger partial charge >= 0.3 is 5.97 Å². The van der Waals surface area contributed by atoms with Gasteiger partial charge in [-0.3, -0.25) is 14.8 Å². The molecule has 1 atom stereocenters. The second kappa shape index (κ2) is 6.78. The Morgan fingerprint density at radius 1 is 1.62 bits per heavy atom. The van der Waals surface area contributed by atoms with Crippen LogP contribution < -0.4 is 5.32 Å². The largest absolute Gasteiger partial charge is 0.480 e. The lowest BCUT2D eigenvalue weighted by molar-refractivity contribution is -0.139. The predicted molar refractivity (Wildman–Crippen MR) is 58.8 cm³/mol. The van der Waals surface area contributed by atoms with Gasteiger partial charge in [-0.1, -0.05) is 0 Å². The number of thioether (sulfide) groups is 1. The van der Waals surface area contributed by atoms with Gasteiger partial charge in [0.1, 0.15) is 6.04 Å². The molecule has 0 saturated carbocycles. The number of carbonyl (C=O) groups excluding carboxylic acids is 1. The molecule has 0 saturated heterocycles. The summed E-state index contributed by atoms with van der Waals surface area (Å²) in [4.78, 5) is 28.8. The number of nitrogens with zero attached hydrogens (tertiary/aromatic N) is 2. The Morgan fingerprint density at radius 2 is 2.44 bits per heavy atom. The maximum Gasteiger partial charge on any atom is 0.327 e. The van der Waals surface area contributed by atoms with Crippen LogP contribution in [0.5, 0.6) is 0 Å². The SMILES string of the molecule is O=CN[C@@H](CSCc1cnccn1)C(=O)O. The van der Waals surface area contributed by atoms with Crippen LogP contribution >= 0.6 is 11.8 Å². The van der Waals surface area contributed by atoms with E-state index >= 15 is 0 Å². The topological polar surface area (TPSA) is 92.2 Å². The fourth-order valence-electron chi connectivity index (χ4n) is 0.959. The van der Waals surface area contributed by atoms with Gasteiger partial charge in [-0.15, -0.1) is 0 Å². The van der Waals surface area contributed by atoms with E-state index in [4.69, 9.17) is 5.11 Å². The molecule has 0 aliphatic carbocycles. The van der Waals surface area contributed by atoms with E-state index in [1.807, 2.05) is 0 Å². The normalized spacial score (nSPS) is 11.8. The maximum atomic E-state index is 10.7. The number of nitrogens with one attached hydrogen (secondary N) is 1. The first-order chi connectivity index (χ1) is 7.74. The summed E-state index contributed by atoms with van der Waals surface area (Å²) in [5, 5.41) is 11.0. The van der Waals surface area contributed by atoms with Crippen LogP contribution in [0.2, 0.25) is 0 Å². The molecule has 1 rings (SSSR count). The average Bonchev–Trinajstić information content (AvgIpc) is 2.29. The summed E-state index contributed by atoms with van der Waals surface area (Å²) < 4.78 is 0. The summed E-state index contributed by atoms with van der Waals surface area (Å²) >= 11 is 1.38. The fourth-order valence-corrected chi connectivity index (χ4v) is 1.91. The van der Waals surface area contributed by atoms with Crippen molar-refractivity contribution in [2.24, 2.45) is 0 Å². The van der Waals surface area contributed by atoms with Gasteiger partial charge in [0, 0.05) is 30.1 Å². The molecule has 0 fully saturated rings. The summed E-state index contributed by atoms with van der Waals surface area (Å²) in [6.45, 7) is 0. The molecule has 1 aromatic rings. The van der Waals surface area contributed by atoms with E-state index in [2.05, 4.69) is 15.3 Å². The molecule has 7 heteroatoms. The van der Waals surface area contributed by atoms with Crippen LogP contribution in [0.3, 0.4) is 0 Å². The molecule has 0 spiro atoms. The molecule has 86 valence electrons. The number of carboxylic acids is 1. The van der Waals surface area contributed by atoms with Crippen LogP contribution in [0.15, 0.2) is 18.6 Å². The third-order valence-corrected chi connectivity index (χ3v) is 2.79. The van der Waals surface area contributed by atoms with Crippen LogP contribution in [0.25, 0.3) is 0 Å². The minimum absolute atomic E-state index is 0.296. The van der Waals surface area contributed by atoms with Crippen LogP contribution in [0, 0.1) is 0 Å². The number of carbonyl (C=O) groups is 2. The Hall–Kier alpha value is -1.63. The molecule has 0 aliphatic rings. The number of carboxylic acid groups (broad SMARTS) is 1. The second-order valence-electron chi connectivity index (χ2n) is 2.89. The number of amides is 1. The quantitative estimate of drug-likeness (QED) is 0.648. The first-order valence-corrected chi connectivity index (χ1v) is 5.64. The first kappa shape index (κ1) is 12.4. The van der Waals surface area contributed by atoms with Gasteiger partial charge in [0.05, 0.1) is 5.69 Å². The summed E-state index contributed by atoms with van der Waals surface area (Å²) in [5.74, 6) is -0.179. The molecular formula is C9H11N3O3S. The lowest BCUT2D eigenvalue weighted by Gasteiger charge is -2.09. The Bertz CT molecular complexity index is 347. The standard InChI is InChI=1S/C9H11N3O3S/c13-6-12-8(9(14)15)5-16-4-7-3-10-1-2-11-7/h1-3,6,8H,4-5H2,(H,12,13)(H,14,15)/t8-/m0/s1. The van der Waals surface area contributed by atoms with Crippen molar-refractivity contribution in [1.29, 1.82) is 0 Å². The highest BCUT2D eigenvalue weighted by molar-refractivity contribution is 7.98. The van der Waals surface area contributed by atoms with E-state index in [0.717, 1.165) is 5.69 Å². The van der Waals surface area contributed by atoms with E-state index < -0.39 is 12.0 Å². The highest BCUT2D eigenvalue weighted by Crippen LogP contribution is 2.10. The number of aliphatic carboxylic acids is 1. The summed E-state index contributed by atoms with van der Waals surface area (Å²) in [5.41, 5.74) is 0.780. The van der Waals surface area contributed by atoms with Crippen molar-refractivity contribution < 1.29 is 14.7 Å². The lowest BCUT2D eigenvalue weighted by Crippen LogP contribution is -2.37. The molecule has 1 heterocycles. The Balaban J connectivity index is 2.33. The van der Waals surface area contributed by atoms with Gasteiger partial charge in [-0.2, -0.15) is 11.8 Å². The first-order valence-electron chi connectivity index (χ1n) is 4.49. The van der Waals surface area contributed by atoms with Gasteiger partial charge in [0.2, 0.25) is 6.41 Å². The van der Waals surface area contributed by atoms with Crippen LogP contribution in [-0.4, -0.2) is 39.2 Å². The highest BCUT2D eigenvalue weighted by Gasteiger charge is 2.15. The van der Waals surface area contributed by atoms with Crippen molar-refractivity contribution in [1.82, 2.24) is 15.3 Å². The summed E-state index contributed by atoms with van der Waals surface area (Å²) in [7, 11) is 0. The highest BCUT2D eigenvalue weighted by atomic mass is 32.2. The number of hydrogen-bond donors (Lipinski definition) is 2. The van der Waals surface area contributed by atoms with Crippen molar-refractivity contribution in [2.45, 2.75) is 11.8 Å². The van der Waals surface area contributed by atoms with Crippen LogP contribution in [0.4, 0.5) is 0 Å². The van der Waals surface area contributed by atoms with Gasteiger partial charge < -0.3 is 10.4 Å². The van der Waals surface area contributed by atoms with Gasteiger partial charge in [0.15, 0.2) is 0 Å². The van der Waals surface area contributed by atoms with Crippen molar-refractivity contribution >= 4 is 24.1 Å². The molecule has 6 nitrogen and oxygen atoms in total. The third-order valence-electron chi connectivity index (χ3n) is 1.72. The smallest absolute Gasteiger partial charge is 0.327 e. The molecule has 0 bridgehead atoms. The van der Waals surface area contributed by atoms with Crippen LogP contribution in [-0.2, 0) is 15.3 Å². The van der Waals surface area contributed by atoms with E-state index in [9.17, 15) is 9.59 Å². The zero-order valence-electron chi connectivity index (χ0n) is 8.37. The molecular weight excluding hydrogens is 230 g/mol. The third kappa shape index (κ3) is 4.26. The molecule has 16 heavy (non-hydrogen) atoms. The van der Waals surface area contributed by atoms with Crippen molar-refractivity contribution in [3.8, 4) is 0 Å². The molecule has 0 radical (unpaired) electrons. The van der Waals surface area contributed by atoms with E-state index in [-0.39, 0.29) is 0 Å². The summed E-state index contributed by atoms with van der Waals surface area (Å²) in [6.07, 6.45) is 5.16. The van der Waals surface area contributed by atoms with E-state index in [0.29, 0.717) is 17.9 Å². The van der Waals surface area contributed by atoms with Crippen LogP contribution in [0.1, 0.15) is 5.69 Å². The fraction of sp³-hybridized carbons (Fsp3) is 0.333. The average molecular weight is 241 g/mol. The van der Waals surface area contributed by atoms with Gasteiger partial charge in [0.25, 0.3) is 0 Å². The molecule has 1 amide bonds. The molecule has 0 unspecified atom stereocenters. The monoisotopic (exact) mass is 241 g/mol. The predicted octanol–water partition coefficient (Wildman–Crippen LogP) is -0.0910. The van der Waals surface area contributed by atoms with Gasteiger partial charge in [-0.05, 0) is 0 Å². The van der Waals surface area contributed by atoms with E-state index in [1.165, 1.54) is 11.8 Å². The minimum atomic E-state index is -1.04. The molecule has 2 N–H and O–H groups in total. The maximum absolute atomic E-state index is 10.7. The Labute approximate surface area is 96.5 Å². The minimum Gasteiger partial charge on any atom is -0.480 e. The van der Waals surface area contributed by atoms with Gasteiger partial charge in [-0.25, -0.2) is 4.79 Å². The zero-order valence-corrected chi connectivity index (χ0v) is 9.18. The number of aromatic nitrogens is 2. The summed E-state index contributed by atoms with van der Waals surface area (Å²) in [6, 6.07) is -0.862. The number of hydrogen-bond acceptors (Lipinski definition) is 5. The van der Waals surface area contributed by atoms with E-state index in [1.54, 1.807) is 18.6 Å². The molecule has 0 aromatic carbocycles. The van der Waals surface area contributed by atoms with Crippen molar-refractivity contribution in [3.05, 3.63) is 24.3 Å². The van der Waals surface area contributed by atoms with Crippen molar-refractivity contribution in [3.63, 3.8) is 0 Å². The zero-order chi connectivity index (χ0) is 11.8. The van der Waals surface area contributed by atoms with Crippen molar-refractivity contribution in [2.75, 3.05) is 5.75 Å². The Kier molecular flexibility index (Phi) is 5.27. The lowest BCUT2D eigenvalue weighted by atomic mass is 10.3. The molecule has 1 aromatic heterocycles.